The standard InChI is InChI=1S/C23H27N3OS/c1-15-12-19(16(2)26(15)18-9-10-18)21(27)14-25-11-5-6-17(13-25)23-24-20-7-3-4-8-22(20)28-23/h3-4,7-8,12,17-18H,5-6,9-11,13-14H2,1-2H3/p+1/t17-/m1/s1. The van der Waals surface area contributed by atoms with Crippen LogP contribution in [0.15, 0.2) is 30.3 Å². The molecule has 1 saturated carbocycles. The molecule has 5 rings (SSSR count). The van der Waals surface area contributed by atoms with Crippen LogP contribution in [-0.2, 0) is 0 Å². The van der Waals surface area contributed by atoms with E-state index in [-0.39, 0.29) is 0 Å². The molecule has 3 aromatic rings. The fraction of sp³-hybridized carbons (Fsp3) is 0.478. The number of thiazole rings is 1. The Morgan fingerprint density at radius 1 is 1.25 bits per heavy atom. The smallest absolute Gasteiger partial charge is 0.218 e. The molecule has 1 unspecified atom stereocenters. The highest BCUT2D eigenvalue weighted by Crippen LogP contribution is 2.38. The predicted molar refractivity (Wildman–Crippen MR) is 114 cm³/mol. The second-order valence-electron chi connectivity index (χ2n) is 8.55. The molecule has 0 radical (unpaired) electrons. The number of aryl methyl sites for hydroxylation is 1. The van der Waals surface area contributed by atoms with E-state index in [1.165, 1.54) is 51.7 Å². The van der Waals surface area contributed by atoms with Gasteiger partial charge in [-0.15, -0.1) is 11.3 Å². The van der Waals surface area contributed by atoms with Crippen LogP contribution in [0.25, 0.3) is 10.2 Å². The van der Waals surface area contributed by atoms with Crippen LogP contribution in [0, 0.1) is 13.8 Å². The zero-order chi connectivity index (χ0) is 19.3. The van der Waals surface area contributed by atoms with E-state index < -0.39 is 0 Å². The number of ketones is 1. The van der Waals surface area contributed by atoms with Crippen LogP contribution in [0.5, 0.6) is 0 Å². The summed E-state index contributed by atoms with van der Waals surface area (Å²) in [6, 6.07) is 11.1. The van der Waals surface area contributed by atoms with Crippen LogP contribution in [-0.4, -0.2) is 35.0 Å². The number of hydrogen-bond donors (Lipinski definition) is 1. The van der Waals surface area contributed by atoms with Crippen molar-refractivity contribution in [1.82, 2.24) is 9.55 Å². The van der Waals surface area contributed by atoms with Crippen LogP contribution in [0.3, 0.4) is 0 Å². The molecule has 3 heterocycles. The number of Topliss-reactive ketones (excluding diaryl/α,β-unsaturated/α-hetero) is 1. The van der Waals surface area contributed by atoms with Crippen LogP contribution in [0.4, 0.5) is 0 Å². The largest absolute Gasteiger partial charge is 0.345 e. The molecular formula is C23H28N3OS+. The maximum atomic E-state index is 13.1. The van der Waals surface area contributed by atoms with Gasteiger partial charge < -0.3 is 9.47 Å². The van der Waals surface area contributed by atoms with Crippen molar-refractivity contribution in [1.29, 1.82) is 0 Å². The SMILES string of the molecule is Cc1cc(C(=O)C[NH+]2CCC[C@@H](c3nc4ccccc4s3)C2)c(C)n1C1CC1. The molecule has 28 heavy (non-hydrogen) atoms. The summed E-state index contributed by atoms with van der Waals surface area (Å²) >= 11 is 1.83. The van der Waals surface area contributed by atoms with Crippen LogP contribution in [0.2, 0.25) is 0 Å². The number of fused-ring (bicyclic) bond motifs is 1. The van der Waals surface area contributed by atoms with Gasteiger partial charge in [-0.2, -0.15) is 0 Å². The highest BCUT2D eigenvalue weighted by atomic mass is 32.1. The zero-order valence-electron chi connectivity index (χ0n) is 16.7. The Morgan fingerprint density at radius 2 is 2.07 bits per heavy atom. The Balaban J connectivity index is 1.30. The first kappa shape index (κ1) is 18.1. The number of benzene rings is 1. The summed E-state index contributed by atoms with van der Waals surface area (Å²) in [5.41, 5.74) is 4.46. The van der Waals surface area contributed by atoms with E-state index in [1.54, 1.807) is 0 Å². The minimum absolute atomic E-state index is 0.306. The molecule has 2 aromatic heterocycles. The monoisotopic (exact) mass is 394 g/mol. The Morgan fingerprint density at radius 3 is 2.86 bits per heavy atom. The van der Waals surface area contributed by atoms with Crippen molar-refractivity contribution in [2.45, 2.75) is 51.5 Å². The first-order chi connectivity index (χ1) is 13.6. The Kier molecular flexibility index (Phi) is 4.60. The van der Waals surface area contributed by atoms with E-state index in [0.717, 1.165) is 24.2 Å². The third kappa shape index (κ3) is 3.31. The number of nitrogens with one attached hydrogen (secondary N) is 1. The van der Waals surface area contributed by atoms with E-state index in [2.05, 4.69) is 48.7 Å². The minimum Gasteiger partial charge on any atom is -0.345 e. The quantitative estimate of drug-likeness (QED) is 0.671. The molecule has 2 aliphatic rings. The van der Waals surface area contributed by atoms with Gasteiger partial charge in [0.25, 0.3) is 0 Å². The highest BCUT2D eigenvalue weighted by Gasteiger charge is 2.31. The summed E-state index contributed by atoms with van der Waals surface area (Å²) in [7, 11) is 0. The highest BCUT2D eigenvalue weighted by molar-refractivity contribution is 7.18. The zero-order valence-corrected chi connectivity index (χ0v) is 17.5. The van der Waals surface area contributed by atoms with Gasteiger partial charge in [-0.3, -0.25) is 4.79 Å². The van der Waals surface area contributed by atoms with Crippen molar-refractivity contribution in [3.8, 4) is 0 Å². The Labute approximate surface area is 170 Å². The molecule has 0 amide bonds. The van der Waals surface area contributed by atoms with Gasteiger partial charge in [-0.05, 0) is 57.7 Å². The number of hydrogen-bond acceptors (Lipinski definition) is 3. The number of piperidine rings is 1. The number of carbonyl (C=O) groups excluding carboxylic acids is 1. The Bertz CT molecular complexity index is 997. The summed E-state index contributed by atoms with van der Waals surface area (Å²) in [6.45, 7) is 6.98. The van der Waals surface area contributed by atoms with Crippen molar-refractivity contribution >= 4 is 27.3 Å². The third-order valence-corrected chi connectivity index (χ3v) is 7.58. The summed E-state index contributed by atoms with van der Waals surface area (Å²) in [5, 5.41) is 1.25. The van der Waals surface area contributed by atoms with Crippen molar-refractivity contribution in [2.24, 2.45) is 0 Å². The molecule has 5 heteroatoms. The second-order valence-corrected chi connectivity index (χ2v) is 9.61. The van der Waals surface area contributed by atoms with Gasteiger partial charge in [0.15, 0.2) is 0 Å². The molecule has 2 atom stereocenters. The van der Waals surface area contributed by atoms with E-state index in [1.807, 2.05) is 11.3 Å². The molecule has 0 bridgehead atoms. The summed E-state index contributed by atoms with van der Waals surface area (Å²) in [6.07, 6.45) is 4.87. The number of quaternary nitrogens is 1. The number of nitrogens with zero attached hydrogens (tertiary/aromatic N) is 2. The number of likely N-dealkylation sites (tertiary alicyclic amines) is 1. The molecule has 2 fully saturated rings. The first-order valence-corrected chi connectivity index (χ1v) is 11.3. The van der Waals surface area contributed by atoms with Gasteiger partial charge in [-0.25, -0.2) is 4.98 Å². The molecule has 1 N–H and O–H groups in total. The van der Waals surface area contributed by atoms with Gasteiger partial charge in [0.05, 0.1) is 29.2 Å². The molecule has 4 nitrogen and oxygen atoms in total. The average Bonchev–Trinajstić information content (AvgIpc) is 3.34. The van der Waals surface area contributed by atoms with Crippen molar-refractivity contribution in [3.63, 3.8) is 0 Å². The van der Waals surface area contributed by atoms with Gasteiger partial charge in [-0.1, -0.05) is 12.1 Å². The van der Waals surface area contributed by atoms with Gasteiger partial charge in [0.2, 0.25) is 5.78 Å². The molecule has 146 valence electrons. The van der Waals surface area contributed by atoms with E-state index in [0.29, 0.717) is 24.3 Å². The molecule has 1 aliphatic heterocycles. The lowest BCUT2D eigenvalue weighted by atomic mass is 9.98. The summed E-state index contributed by atoms with van der Waals surface area (Å²) in [5.74, 6) is 0.785. The van der Waals surface area contributed by atoms with Crippen LogP contribution >= 0.6 is 11.3 Å². The fourth-order valence-corrected chi connectivity index (χ4v) is 5.97. The molecule has 0 spiro atoms. The number of rotatable bonds is 5. The molecule has 1 aliphatic carbocycles. The fourth-order valence-electron chi connectivity index (χ4n) is 4.86. The maximum absolute atomic E-state index is 13.1. The van der Waals surface area contributed by atoms with E-state index in [4.69, 9.17) is 4.98 Å². The Hall–Kier alpha value is -1.98. The first-order valence-electron chi connectivity index (χ1n) is 10.5. The van der Waals surface area contributed by atoms with Gasteiger partial charge in [0.1, 0.15) is 11.6 Å². The van der Waals surface area contributed by atoms with Gasteiger partial charge in [0, 0.05) is 23.0 Å². The lowest BCUT2D eigenvalue weighted by Crippen LogP contribution is -3.14. The lowest BCUT2D eigenvalue weighted by Gasteiger charge is -2.28. The summed E-state index contributed by atoms with van der Waals surface area (Å²) < 4.78 is 3.65. The molecule has 1 saturated heterocycles. The molecule has 1 aromatic carbocycles. The van der Waals surface area contributed by atoms with Gasteiger partial charge >= 0.3 is 0 Å². The van der Waals surface area contributed by atoms with Crippen molar-refractivity contribution < 1.29 is 9.69 Å². The minimum atomic E-state index is 0.306. The van der Waals surface area contributed by atoms with Crippen LogP contribution in [0.1, 0.15) is 64.4 Å². The second kappa shape index (κ2) is 7.12. The van der Waals surface area contributed by atoms with E-state index in [9.17, 15) is 4.79 Å². The average molecular weight is 395 g/mol. The third-order valence-electron chi connectivity index (χ3n) is 6.39. The normalized spacial score (nSPS) is 22.6. The predicted octanol–water partition coefficient (Wildman–Crippen LogP) is 3.69. The summed E-state index contributed by atoms with van der Waals surface area (Å²) in [4.78, 5) is 19.4. The topological polar surface area (TPSA) is 39.3 Å². The molecular weight excluding hydrogens is 366 g/mol. The number of para-hydroxylation sites is 1. The van der Waals surface area contributed by atoms with E-state index >= 15 is 0 Å². The van der Waals surface area contributed by atoms with Crippen molar-refractivity contribution in [3.05, 3.63) is 52.3 Å². The van der Waals surface area contributed by atoms with Crippen molar-refractivity contribution in [2.75, 3.05) is 19.6 Å². The number of carbonyl (C=O) groups is 1. The van der Waals surface area contributed by atoms with Crippen LogP contribution < -0.4 is 4.90 Å². The lowest BCUT2D eigenvalue weighted by molar-refractivity contribution is -0.897. The number of aromatic nitrogens is 2. The maximum Gasteiger partial charge on any atom is 0.218 e.